The van der Waals surface area contributed by atoms with Crippen LogP contribution >= 0.6 is 7.37 Å². The first kappa shape index (κ1) is 11.0. The summed E-state index contributed by atoms with van der Waals surface area (Å²) in [6.07, 6.45) is 0.590. The summed E-state index contributed by atoms with van der Waals surface area (Å²) in [4.78, 5) is 10.4. The van der Waals surface area contributed by atoms with Crippen molar-refractivity contribution in [3.8, 4) is 0 Å². The molecule has 0 saturated heterocycles. The molecule has 0 saturated carbocycles. The summed E-state index contributed by atoms with van der Waals surface area (Å²) in [6.45, 7) is 3.33. The lowest BCUT2D eigenvalue weighted by molar-refractivity contribution is -0.174. The van der Waals surface area contributed by atoms with Crippen molar-refractivity contribution in [1.82, 2.24) is 0 Å². The molecule has 0 aromatic heterocycles. The van der Waals surface area contributed by atoms with Crippen molar-refractivity contribution in [2.24, 2.45) is 0 Å². The van der Waals surface area contributed by atoms with Gasteiger partial charge in [-0.05, 0) is 12.3 Å². The van der Waals surface area contributed by atoms with Crippen molar-refractivity contribution in [3.63, 3.8) is 0 Å². The first-order valence-electron chi connectivity index (χ1n) is 2.41. The van der Waals surface area contributed by atoms with Crippen LogP contribution in [0.25, 0.3) is 0 Å². The van der Waals surface area contributed by atoms with Crippen molar-refractivity contribution < 1.29 is 9.46 Å². The molecule has 0 rings (SSSR count). The Hall–Kier alpha value is 0.190. The van der Waals surface area contributed by atoms with Gasteiger partial charge in [0.05, 0.1) is 0 Å². The third-order valence-corrected chi connectivity index (χ3v) is 2.89. The van der Waals surface area contributed by atoms with Gasteiger partial charge in [0.25, 0.3) is 0 Å². The SMILES string of the molecule is C.CCP(=O)([O-])CC. The predicted octanol–water partition coefficient (Wildman–Crippen LogP) is 1.30. The third kappa shape index (κ3) is 4.35. The minimum atomic E-state index is -2.90. The van der Waals surface area contributed by atoms with Gasteiger partial charge in [-0.2, -0.15) is 0 Å². The van der Waals surface area contributed by atoms with Crippen molar-refractivity contribution in [2.45, 2.75) is 21.3 Å². The molecule has 0 unspecified atom stereocenters. The van der Waals surface area contributed by atoms with E-state index in [-0.39, 0.29) is 7.43 Å². The van der Waals surface area contributed by atoms with Gasteiger partial charge in [0.2, 0.25) is 0 Å². The molecular weight excluding hydrogens is 123 g/mol. The molecule has 52 valence electrons. The molecular formula is C5H14O2P-. The molecule has 0 aliphatic rings. The number of hydrogen-bond acceptors (Lipinski definition) is 2. The highest BCUT2D eigenvalue weighted by Gasteiger charge is 1.96. The number of hydrogen-bond donors (Lipinski definition) is 0. The van der Waals surface area contributed by atoms with Gasteiger partial charge in [-0.15, -0.1) is 0 Å². The average Bonchev–Trinajstić information content (AvgIpc) is 1.68. The second-order valence-electron chi connectivity index (χ2n) is 1.45. The lowest BCUT2D eigenvalue weighted by Gasteiger charge is -2.17. The molecule has 0 aliphatic carbocycles. The fourth-order valence-corrected chi connectivity index (χ4v) is 0.671. The standard InChI is InChI=1S/C4H11O2P.CH4/c1-3-7(5,6)4-2;/h3-4H2,1-2H3,(H,5,6);1H4/p-1. The summed E-state index contributed by atoms with van der Waals surface area (Å²) >= 11 is 0. The Morgan fingerprint density at radius 1 is 1.38 bits per heavy atom. The van der Waals surface area contributed by atoms with Crippen LogP contribution in [0, 0.1) is 0 Å². The molecule has 0 radical (unpaired) electrons. The van der Waals surface area contributed by atoms with E-state index in [0.29, 0.717) is 12.3 Å². The van der Waals surface area contributed by atoms with E-state index in [2.05, 4.69) is 0 Å². The topological polar surface area (TPSA) is 40.1 Å². The van der Waals surface area contributed by atoms with Gasteiger partial charge in [-0.3, -0.25) is 0 Å². The van der Waals surface area contributed by atoms with Gasteiger partial charge in [-0.1, -0.05) is 21.3 Å². The second kappa shape index (κ2) is 4.11. The molecule has 0 fully saturated rings. The van der Waals surface area contributed by atoms with Crippen LogP contribution in [0.5, 0.6) is 0 Å². The summed E-state index contributed by atoms with van der Waals surface area (Å²) in [6, 6.07) is 0. The van der Waals surface area contributed by atoms with Gasteiger partial charge in [0.15, 0.2) is 0 Å². The van der Waals surface area contributed by atoms with Gasteiger partial charge in [-0.25, -0.2) is 0 Å². The molecule has 0 bridgehead atoms. The van der Waals surface area contributed by atoms with Gasteiger partial charge in [0, 0.05) is 7.37 Å². The zero-order valence-corrected chi connectivity index (χ0v) is 5.57. The maximum absolute atomic E-state index is 10.4. The van der Waals surface area contributed by atoms with E-state index in [9.17, 15) is 9.46 Å². The predicted molar refractivity (Wildman–Crippen MR) is 35.4 cm³/mol. The van der Waals surface area contributed by atoms with E-state index in [0.717, 1.165) is 0 Å². The lowest BCUT2D eigenvalue weighted by atomic mass is 11.0. The van der Waals surface area contributed by atoms with E-state index in [1.54, 1.807) is 13.8 Å². The molecule has 0 aliphatic heterocycles. The number of rotatable bonds is 2. The molecule has 0 spiro atoms. The van der Waals surface area contributed by atoms with Crippen LogP contribution in [0.4, 0.5) is 0 Å². The minimum Gasteiger partial charge on any atom is -0.799 e. The van der Waals surface area contributed by atoms with Gasteiger partial charge < -0.3 is 9.46 Å². The Balaban J connectivity index is 0. The normalized spacial score (nSPS) is 10.4. The van der Waals surface area contributed by atoms with Gasteiger partial charge in [0.1, 0.15) is 0 Å². The molecule has 0 aromatic rings. The maximum atomic E-state index is 10.4. The second-order valence-corrected chi connectivity index (χ2v) is 4.34. The van der Waals surface area contributed by atoms with Crippen molar-refractivity contribution in [3.05, 3.63) is 0 Å². The highest BCUT2D eigenvalue weighted by molar-refractivity contribution is 7.56. The summed E-state index contributed by atoms with van der Waals surface area (Å²) in [5.41, 5.74) is 0. The van der Waals surface area contributed by atoms with Crippen LogP contribution in [-0.4, -0.2) is 12.3 Å². The fraction of sp³-hybridized carbons (Fsp3) is 1.00. The molecule has 3 heteroatoms. The van der Waals surface area contributed by atoms with Crippen LogP contribution in [-0.2, 0) is 4.57 Å². The Kier molecular flexibility index (Phi) is 5.67. The summed E-state index contributed by atoms with van der Waals surface area (Å²) in [7, 11) is -2.90. The quantitative estimate of drug-likeness (QED) is 0.538. The Labute approximate surface area is 51.4 Å². The summed E-state index contributed by atoms with van der Waals surface area (Å²) in [5.74, 6) is 0. The molecule has 0 aromatic carbocycles. The van der Waals surface area contributed by atoms with Crippen molar-refractivity contribution in [2.75, 3.05) is 12.3 Å². The fourth-order valence-electron chi connectivity index (χ4n) is 0.224. The highest BCUT2D eigenvalue weighted by atomic mass is 31.2. The van der Waals surface area contributed by atoms with Crippen molar-refractivity contribution >= 4 is 7.37 Å². The Morgan fingerprint density at radius 2 is 1.62 bits per heavy atom. The van der Waals surface area contributed by atoms with E-state index < -0.39 is 7.37 Å². The average molecular weight is 137 g/mol. The van der Waals surface area contributed by atoms with Crippen LogP contribution in [0.1, 0.15) is 21.3 Å². The smallest absolute Gasteiger partial charge is 0.0142 e. The first-order chi connectivity index (χ1) is 3.12. The van der Waals surface area contributed by atoms with E-state index >= 15 is 0 Å². The minimum absolute atomic E-state index is 0. The van der Waals surface area contributed by atoms with Crippen molar-refractivity contribution in [1.29, 1.82) is 0 Å². The molecule has 0 N–H and O–H groups in total. The third-order valence-electron chi connectivity index (χ3n) is 0.964. The zero-order valence-electron chi connectivity index (χ0n) is 4.68. The lowest BCUT2D eigenvalue weighted by Crippen LogP contribution is -2.03. The van der Waals surface area contributed by atoms with Gasteiger partial charge >= 0.3 is 0 Å². The maximum Gasteiger partial charge on any atom is 0.0142 e. The van der Waals surface area contributed by atoms with Crippen LogP contribution in [0.2, 0.25) is 0 Å². The first-order valence-corrected chi connectivity index (χ1v) is 4.41. The molecule has 0 atom stereocenters. The van der Waals surface area contributed by atoms with E-state index in [1.165, 1.54) is 0 Å². The molecule has 2 nitrogen and oxygen atoms in total. The van der Waals surface area contributed by atoms with E-state index in [1.807, 2.05) is 0 Å². The monoisotopic (exact) mass is 137 g/mol. The molecule has 8 heavy (non-hydrogen) atoms. The van der Waals surface area contributed by atoms with Crippen LogP contribution < -0.4 is 4.89 Å². The van der Waals surface area contributed by atoms with Crippen LogP contribution in [0.15, 0.2) is 0 Å². The molecule has 0 heterocycles. The van der Waals surface area contributed by atoms with Crippen LogP contribution in [0.3, 0.4) is 0 Å². The summed E-state index contributed by atoms with van der Waals surface area (Å²) < 4.78 is 10.4. The van der Waals surface area contributed by atoms with E-state index in [4.69, 9.17) is 0 Å². The Bertz CT molecular complexity index is 82.4. The highest BCUT2D eigenvalue weighted by Crippen LogP contribution is 2.32. The summed E-state index contributed by atoms with van der Waals surface area (Å²) in [5, 5.41) is 0. The Morgan fingerprint density at radius 3 is 1.62 bits per heavy atom. The zero-order chi connectivity index (χ0) is 5.91. The molecule has 0 amide bonds. The largest absolute Gasteiger partial charge is 0.799 e.